The van der Waals surface area contributed by atoms with Crippen molar-refractivity contribution >= 4 is 32.9 Å². The Morgan fingerprint density at radius 3 is 1.95 bits per heavy atom. The van der Waals surface area contributed by atoms with Gasteiger partial charge in [0, 0.05) is 38.7 Å². The largest absolute Gasteiger partial charge is 0.455 e. The highest BCUT2D eigenvalue weighted by molar-refractivity contribution is 6.04. The standard InChI is InChI=1S/C35H26N2O/c1-2-20-17-30-33(26-12-5-3-9-22(20)26)38-34-27-13-6-4-11-25(27)32(37)19-31(34)35(30)28-14-8-7-10-23(28)24-16-15-21(36)18-29(24)35/h3-19H,2,36-37H2,1H3. The number of hydrogen-bond donors (Lipinski definition) is 2. The minimum absolute atomic E-state index is 0.615. The molecule has 3 heteroatoms. The number of aryl methyl sites for hydroxylation is 1. The van der Waals surface area contributed by atoms with Crippen molar-refractivity contribution < 1.29 is 4.74 Å². The van der Waals surface area contributed by atoms with E-state index in [0.29, 0.717) is 0 Å². The Morgan fingerprint density at radius 2 is 1.18 bits per heavy atom. The van der Waals surface area contributed by atoms with E-state index in [4.69, 9.17) is 16.2 Å². The van der Waals surface area contributed by atoms with Gasteiger partial charge in [0.15, 0.2) is 0 Å². The van der Waals surface area contributed by atoms with Gasteiger partial charge in [0.2, 0.25) is 0 Å². The van der Waals surface area contributed by atoms with Gasteiger partial charge in [-0.1, -0.05) is 85.8 Å². The monoisotopic (exact) mass is 490 g/mol. The van der Waals surface area contributed by atoms with Crippen LogP contribution in [0.3, 0.4) is 0 Å². The van der Waals surface area contributed by atoms with Crippen LogP contribution >= 0.6 is 0 Å². The zero-order valence-electron chi connectivity index (χ0n) is 21.1. The Morgan fingerprint density at radius 1 is 0.579 bits per heavy atom. The minimum atomic E-state index is -0.615. The van der Waals surface area contributed by atoms with Gasteiger partial charge in [0.05, 0.1) is 5.41 Å². The van der Waals surface area contributed by atoms with Crippen LogP contribution in [-0.2, 0) is 11.8 Å². The van der Waals surface area contributed by atoms with Gasteiger partial charge in [-0.05, 0) is 63.9 Å². The van der Waals surface area contributed by atoms with Crippen LogP contribution in [0.1, 0.15) is 34.7 Å². The highest BCUT2D eigenvalue weighted by Gasteiger charge is 2.52. The van der Waals surface area contributed by atoms with E-state index in [1.807, 2.05) is 12.1 Å². The summed E-state index contributed by atoms with van der Waals surface area (Å²) in [4.78, 5) is 0. The number of hydrogen-bond acceptors (Lipinski definition) is 3. The normalized spacial score (nSPS) is 16.7. The van der Waals surface area contributed by atoms with Gasteiger partial charge in [0.1, 0.15) is 11.5 Å². The number of fused-ring (bicyclic) bond motifs is 13. The Balaban J connectivity index is 1.66. The van der Waals surface area contributed by atoms with Gasteiger partial charge >= 0.3 is 0 Å². The number of anilines is 2. The molecule has 0 fully saturated rings. The quantitative estimate of drug-likeness (QED) is 0.228. The molecule has 3 nitrogen and oxygen atoms in total. The molecule has 4 N–H and O–H groups in total. The lowest BCUT2D eigenvalue weighted by molar-refractivity contribution is 0.447. The van der Waals surface area contributed by atoms with Crippen molar-refractivity contribution in [2.45, 2.75) is 18.8 Å². The van der Waals surface area contributed by atoms with Crippen molar-refractivity contribution in [2.24, 2.45) is 0 Å². The predicted octanol–water partition coefficient (Wildman–Crippen LogP) is 8.19. The van der Waals surface area contributed by atoms with Crippen molar-refractivity contribution in [3.05, 3.63) is 131 Å². The van der Waals surface area contributed by atoms with Crippen LogP contribution in [0.25, 0.3) is 32.7 Å². The Hall–Kier alpha value is -4.76. The first-order valence-corrected chi connectivity index (χ1v) is 13.2. The molecule has 1 aliphatic carbocycles. The highest BCUT2D eigenvalue weighted by atomic mass is 16.5. The number of ether oxygens (including phenoxy) is 1. The molecular formula is C35H26N2O. The lowest BCUT2D eigenvalue weighted by Crippen LogP contribution is -2.33. The van der Waals surface area contributed by atoms with Crippen LogP contribution in [0.4, 0.5) is 11.4 Å². The summed E-state index contributed by atoms with van der Waals surface area (Å²) in [5, 5.41) is 4.37. The lowest BCUT2D eigenvalue weighted by Gasteiger charge is -2.41. The second kappa shape index (κ2) is 7.39. The topological polar surface area (TPSA) is 61.3 Å². The second-order valence-electron chi connectivity index (χ2n) is 10.4. The van der Waals surface area contributed by atoms with Crippen LogP contribution in [0.5, 0.6) is 11.5 Å². The molecule has 0 amide bonds. The molecule has 1 unspecified atom stereocenters. The maximum Gasteiger partial charge on any atom is 0.140 e. The van der Waals surface area contributed by atoms with Crippen LogP contribution in [0, 0.1) is 0 Å². The molecule has 1 heterocycles. The summed E-state index contributed by atoms with van der Waals surface area (Å²) in [6, 6.07) is 36.4. The van der Waals surface area contributed by atoms with Crippen LogP contribution in [0.15, 0.2) is 103 Å². The van der Waals surface area contributed by atoms with Crippen LogP contribution < -0.4 is 16.2 Å². The molecule has 38 heavy (non-hydrogen) atoms. The summed E-state index contributed by atoms with van der Waals surface area (Å²) >= 11 is 0. The second-order valence-corrected chi connectivity index (χ2v) is 10.4. The molecule has 0 radical (unpaired) electrons. The van der Waals surface area contributed by atoms with E-state index in [0.717, 1.165) is 56.6 Å². The first kappa shape index (κ1) is 21.3. The summed E-state index contributed by atoms with van der Waals surface area (Å²) in [6.07, 6.45) is 0.919. The summed E-state index contributed by atoms with van der Waals surface area (Å²) < 4.78 is 7.02. The van der Waals surface area contributed by atoms with Crippen molar-refractivity contribution in [3.8, 4) is 22.6 Å². The third kappa shape index (κ3) is 2.48. The summed E-state index contributed by atoms with van der Waals surface area (Å²) in [5.74, 6) is 1.77. The zero-order chi connectivity index (χ0) is 25.6. The average Bonchev–Trinajstić information content (AvgIpc) is 3.24. The molecule has 2 aliphatic rings. The number of nitrogen functional groups attached to an aromatic ring is 2. The third-order valence-corrected chi connectivity index (χ3v) is 8.57. The van der Waals surface area contributed by atoms with Gasteiger partial charge < -0.3 is 16.2 Å². The van der Waals surface area contributed by atoms with E-state index in [9.17, 15) is 0 Å². The molecule has 0 saturated heterocycles. The number of nitrogens with two attached hydrogens (primary N) is 2. The van der Waals surface area contributed by atoms with Crippen molar-refractivity contribution in [3.63, 3.8) is 0 Å². The maximum atomic E-state index is 7.02. The molecule has 6 aromatic rings. The first-order valence-electron chi connectivity index (χ1n) is 13.2. The van der Waals surface area contributed by atoms with E-state index in [1.54, 1.807) is 0 Å². The van der Waals surface area contributed by atoms with Crippen LogP contribution in [-0.4, -0.2) is 0 Å². The van der Waals surface area contributed by atoms with Gasteiger partial charge in [-0.15, -0.1) is 0 Å². The molecule has 1 aliphatic heterocycles. The SMILES string of the molecule is CCc1cc2c(c3ccccc13)Oc1c(cc(N)c3ccccc13)C21c2ccccc2-c2ccc(N)cc21. The molecule has 6 aromatic carbocycles. The Kier molecular flexibility index (Phi) is 4.15. The Labute approximate surface area is 221 Å². The predicted molar refractivity (Wildman–Crippen MR) is 157 cm³/mol. The molecule has 0 bridgehead atoms. The molecule has 0 saturated carbocycles. The van der Waals surface area contributed by atoms with E-state index in [-0.39, 0.29) is 0 Å². The van der Waals surface area contributed by atoms with E-state index < -0.39 is 5.41 Å². The fourth-order valence-corrected chi connectivity index (χ4v) is 6.99. The fourth-order valence-electron chi connectivity index (χ4n) is 6.99. The smallest absolute Gasteiger partial charge is 0.140 e. The van der Waals surface area contributed by atoms with Crippen LogP contribution in [0.2, 0.25) is 0 Å². The number of benzene rings is 6. The lowest BCUT2D eigenvalue weighted by atomic mass is 9.64. The molecule has 182 valence electrons. The summed E-state index contributed by atoms with van der Waals surface area (Å²) in [6.45, 7) is 2.22. The third-order valence-electron chi connectivity index (χ3n) is 8.57. The van der Waals surface area contributed by atoms with Crippen molar-refractivity contribution in [1.82, 2.24) is 0 Å². The van der Waals surface area contributed by atoms with Crippen molar-refractivity contribution in [1.29, 1.82) is 0 Å². The van der Waals surface area contributed by atoms with Gasteiger partial charge in [-0.3, -0.25) is 0 Å². The summed E-state index contributed by atoms with van der Waals surface area (Å²) in [5.41, 5.74) is 22.5. The molecule has 1 spiro atoms. The van der Waals surface area contributed by atoms with Gasteiger partial charge in [-0.25, -0.2) is 0 Å². The van der Waals surface area contributed by atoms with Gasteiger partial charge in [-0.2, -0.15) is 0 Å². The maximum absolute atomic E-state index is 7.02. The fraction of sp³-hybridized carbons (Fsp3) is 0.0857. The highest BCUT2D eigenvalue weighted by Crippen LogP contribution is 2.64. The molecule has 1 atom stereocenters. The van der Waals surface area contributed by atoms with E-state index in [2.05, 4.69) is 97.9 Å². The average molecular weight is 491 g/mol. The number of rotatable bonds is 1. The molecular weight excluding hydrogens is 464 g/mol. The van der Waals surface area contributed by atoms with Gasteiger partial charge in [0.25, 0.3) is 0 Å². The molecule has 8 rings (SSSR count). The molecule has 0 aromatic heterocycles. The van der Waals surface area contributed by atoms with Crippen molar-refractivity contribution in [2.75, 3.05) is 11.5 Å². The minimum Gasteiger partial charge on any atom is -0.455 e. The van der Waals surface area contributed by atoms with E-state index in [1.165, 1.54) is 33.2 Å². The van der Waals surface area contributed by atoms with E-state index >= 15 is 0 Å². The first-order chi connectivity index (χ1) is 18.6. The Bertz CT molecular complexity index is 1970. The summed E-state index contributed by atoms with van der Waals surface area (Å²) in [7, 11) is 0. The zero-order valence-corrected chi connectivity index (χ0v) is 21.1.